The lowest BCUT2D eigenvalue weighted by atomic mass is 9.63. The van der Waals surface area contributed by atoms with Crippen LogP contribution in [0.2, 0.25) is 0 Å². The number of amides is 1. The molecule has 3 rings (SSSR count). The number of hydrogen-bond donors (Lipinski definition) is 0. The molecule has 0 aromatic heterocycles. The lowest BCUT2D eigenvalue weighted by Gasteiger charge is -2.48. The first-order valence-corrected chi connectivity index (χ1v) is 7.24. The van der Waals surface area contributed by atoms with Gasteiger partial charge in [-0.3, -0.25) is 14.9 Å². The third-order valence-electron chi connectivity index (χ3n) is 4.92. The number of hydrogen-bond acceptors (Lipinski definition) is 3. The summed E-state index contributed by atoms with van der Waals surface area (Å²) in [5.41, 5.74) is 0.00594. The molecule has 1 aromatic rings. The van der Waals surface area contributed by atoms with Gasteiger partial charge in [-0.1, -0.05) is 6.42 Å². The largest absolute Gasteiger partial charge is 0.339 e. The summed E-state index contributed by atoms with van der Waals surface area (Å²) >= 11 is 0. The number of rotatable bonds is 2. The Morgan fingerprint density at radius 1 is 1.24 bits per heavy atom. The lowest BCUT2D eigenvalue weighted by Crippen LogP contribution is -2.46. The summed E-state index contributed by atoms with van der Waals surface area (Å²) in [6.45, 7) is 1.30. The van der Waals surface area contributed by atoms with Crippen LogP contribution >= 0.6 is 0 Å². The number of piperidine rings is 1. The van der Waals surface area contributed by atoms with E-state index in [2.05, 4.69) is 0 Å². The zero-order valence-electron chi connectivity index (χ0n) is 11.7. The Kier molecular flexibility index (Phi) is 3.39. The molecule has 0 unspecified atom stereocenters. The molecule has 2 aliphatic rings. The Balaban J connectivity index is 1.72. The fourth-order valence-corrected chi connectivity index (χ4v) is 3.32. The number of carbonyl (C=O) groups excluding carboxylic acids is 1. The van der Waals surface area contributed by atoms with E-state index in [0.29, 0.717) is 18.5 Å². The highest BCUT2D eigenvalue weighted by Crippen LogP contribution is 2.48. The zero-order chi connectivity index (χ0) is 15.0. The van der Waals surface area contributed by atoms with Crippen LogP contribution in [0.1, 0.15) is 42.5 Å². The molecule has 1 aromatic carbocycles. The number of likely N-dealkylation sites (tertiary alicyclic amines) is 1. The van der Waals surface area contributed by atoms with Gasteiger partial charge in [0.05, 0.1) is 16.6 Å². The summed E-state index contributed by atoms with van der Waals surface area (Å²) < 4.78 is 13.9. The number of benzene rings is 1. The molecule has 1 saturated carbocycles. The molecular formula is C15H17FN2O3. The average molecular weight is 292 g/mol. The second-order valence-corrected chi connectivity index (χ2v) is 6.07. The van der Waals surface area contributed by atoms with E-state index in [1.165, 1.54) is 31.4 Å². The SMILES string of the molecule is O=C(c1ccc([N+](=O)[O-])cc1F)N1CCC2(CCC2)CC1. The van der Waals surface area contributed by atoms with Gasteiger partial charge in [0.2, 0.25) is 0 Å². The summed E-state index contributed by atoms with van der Waals surface area (Å²) in [4.78, 5) is 23.9. The molecule has 0 atom stereocenters. The predicted octanol–water partition coefficient (Wildman–Crippen LogP) is 3.14. The minimum atomic E-state index is -0.821. The molecule has 112 valence electrons. The molecule has 0 N–H and O–H groups in total. The Bertz CT molecular complexity index is 589. The Hall–Kier alpha value is -1.98. The smallest absolute Gasteiger partial charge is 0.272 e. The number of nitro benzene ring substituents is 1. The fraction of sp³-hybridized carbons (Fsp3) is 0.533. The first-order valence-electron chi connectivity index (χ1n) is 7.24. The van der Waals surface area contributed by atoms with Crippen molar-refractivity contribution < 1.29 is 14.1 Å². The topological polar surface area (TPSA) is 63.4 Å². The lowest BCUT2D eigenvalue weighted by molar-refractivity contribution is -0.385. The Morgan fingerprint density at radius 3 is 2.38 bits per heavy atom. The molecule has 2 fully saturated rings. The van der Waals surface area contributed by atoms with Crippen molar-refractivity contribution in [3.05, 3.63) is 39.7 Å². The van der Waals surface area contributed by atoms with Gasteiger partial charge in [-0.2, -0.15) is 0 Å². The van der Waals surface area contributed by atoms with E-state index < -0.39 is 10.7 Å². The van der Waals surface area contributed by atoms with Crippen LogP contribution in [0.4, 0.5) is 10.1 Å². The van der Waals surface area contributed by atoms with E-state index in [-0.39, 0.29) is 17.2 Å². The standard InChI is InChI=1S/C15H17FN2O3/c16-13-10-11(18(20)21)2-3-12(13)14(19)17-8-6-15(7-9-17)4-1-5-15/h2-3,10H,1,4-9H2. The van der Waals surface area contributed by atoms with Gasteiger partial charge >= 0.3 is 0 Å². The third-order valence-corrected chi connectivity index (χ3v) is 4.92. The van der Waals surface area contributed by atoms with Crippen molar-refractivity contribution >= 4 is 11.6 Å². The summed E-state index contributed by atoms with van der Waals surface area (Å²) in [6.07, 6.45) is 5.70. The Morgan fingerprint density at radius 2 is 1.90 bits per heavy atom. The van der Waals surface area contributed by atoms with Crippen LogP contribution in [-0.4, -0.2) is 28.8 Å². The van der Waals surface area contributed by atoms with Gasteiger partial charge in [0.25, 0.3) is 11.6 Å². The highest BCUT2D eigenvalue weighted by molar-refractivity contribution is 5.94. The van der Waals surface area contributed by atoms with Gasteiger partial charge in [0, 0.05) is 19.2 Å². The van der Waals surface area contributed by atoms with E-state index in [9.17, 15) is 19.3 Å². The van der Waals surface area contributed by atoms with Crippen LogP contribution in [0.3, 0.4) is 0 Å². The quantitative estimate of drug-likeness (QED) is 0.621. The van der Waals surface area contributed by atoms with Crippen molar-refractivity contribution in [3.8, 4) is 0 Å². The highest BCUT2D eigenvalue weighted by atomic mass is 19.1. The number of nitro groups is 1. The molecule has 1 aliphatic carbocycles. The van der Waals surface area contributed by atoms with E-state index in [1.807, 2.05) is 0 Å². The summed E-state index contributed by atoms with van der Waals surface area (Å²) in [5.74, 6) is -1.19. The summed E-state index contributed by atoms with van der Waals surface area (Å²) in [7, 11) is 0. The first kappa shape index (κ1) is 14.0. The maximum Gasteiger partial charge on any atom is 0.272 e. The molecule has 1 spiro atoms. The normalized spacial score (nSPS) is 20.1. The second kappa shape index (κ2) is 5.09. The molecule has 0 radical (unpaired) electrons. The minimum absolute atomic E-state index is 0.0786. The number of nitrogens with zero attached hydrogens (tertiary/aromatic N) is 2. The van der Waals surface area contributed by atoms with Crippen LogP contribution in [0.15, 0.2) is 18.2 Å². The molecule has 21 heavy (non-hydrogen) atoms. The van der Waals surface area contributed by atoms with Crippen molar-refractivity contribution in [1.82, 2.24) is 4.90 Å². The maximum atomic E-state index is 13.9. The van der Waals surface area contributed by atoms with Crippen molar-refractivity contribution in [2.24, 2.45) is 5.41 Å². The highest BCUT2D eigenvalue weighted by Gasteiger charge is 2.40. The van der Waals surface area contributed by atoms with Crippen molar-refractivity contribution in [3.63, 3.8) is 0 Å². The second-order valence-electron chi connectivity index (χ2n) is 6.07. The van der Waals surface area contributed by atoms with Crippen molar-refractivity contribution in [2.75, 3.05) is 13.1 Å². The van der Waals surface area contributed by atoms with E-state index >= 15 is 0 Å². The third kappa shape index (κ3) is 2.50. The van der Waals surface area contributed by atoms with Gasteiger partial charge in [0.1, 0.15) is 5.82 Å². The van der Waals surface area contributed by atoms with Crippen LogP contribution < -0.4 is 0 Å². The molecule has 0 bridgehead atoms. The van der Waals surface area contributed by atoms with Crippen LogP contribution in [0.5, 0.6) is 0 Å². The molecular weight excluding hydrogens is 275 g/mol. The monoisotopic (exact) mass is 292 g/mol. The van der Waals surface area contributed by atoms with Crippen LogP contribution in [0.25, 0.3) is 0 Å². The number of non-ortho nitro benzene ring substituents is 1. The van der Waals surface area contributed by atoms with Crippen LogP contribution in [-0.2, 0) is 0 Å². The molecule has 1 amide bonds. The van der Waals surface area contributed by atoms with Gasteiger partial charge in [-0.05, 0) is 37.2 Å². The van der Waals surface area contributed by atoms with E-state index in [1.54, 1.807) is 4.90 Å². The van der Waals surface area contributed by atoms with Crippen molar-refractivity contribution in [2.45, 2.75) is 32.1 Å². The van der Waals surface area contributed by atoms with Crippen molar-refractivity contribution in [1.29, 1.82) is 0 Å². The fourth-order valence-electron chi connectivity index (χ4n) is 3.32. The van der Waals surface area contributed by atoms with Gasteiger partial charge < -0.3 is 4.90 Å². The molecule has 1 saturated heterocycles. The van der Waals surface area contributed by atoms with Gasteiger partial charge in [-0.15, -0.1) is 0 Å². The van der Waals surface area contributed by atoms with Gasteiger partial charge in [-0.25, -0.2) is 4.39 Å². The molecule has 6 heteroatoms. The number of carbonyl (C=O) groups is 1. The minimum Gasteiger partial charge on any atom is -0.339 e. The maximum absolute atomic E-state index is 13.9. The predicted molar refractivity (Wildman–Crippen MR) is 74.5 cm³/mol. The average Bonchev–Trinajstić information content (AvgIpc) is 2.45. The molecule has 1 heterocycles. The summed E-state index contributed by atoms with van der Waals surface area (Å²) in [6, 6.07) is 3.20. The van der Waals surface area contributed by atoms with Gasteiger partial charge in [0.15, 0.2) is 0 Å². The Labute approximate surface area is 121 Å². The molecule has 5 nitrogen and oxygen atoms in total. The van der Waals surface area contributed by atoms with Crippen LogP contribution in [0, 0.1) is 21.3 Å². The number of halogens is 1. The van der Waals surface area contributed by atoms with E-state index in [0.717, 1.165) is 18.9 Å². The summed E-state index contributed by atoms with van der Waals surface area (Å²) in [5, 5.41) is 10.6. The van der Waals surface area contributed by atoms with E-state index in [4.69, 9.17) is 0 Å². The first-order chi connectivity index (χ1) is 10.0. The molecule has 1 aliphatic heterocycles. The zero-order valence-corrected chi connectivity index (χ0v) is 11.7.